The third-order valence-corrected chi connectivity index (χ3v) is 3.93. The largest absolute Gasteiger partial charge is 0.379 e. The number of benzene rings is 1. The van der Waals surface area contributed by atoms with Crippen LogP contribution in [0.5, 0.6) is 0 Å². The molecule has 5 heteroatoms. The van der Waals surface area contributed by atoms with Crippen molar-refractivity contribution in [2.24, 2.45) is 4.99 Å². The standard InChI is InChI=1S/C18H30N4O/c1-3-19-18(21-15-17-7-5-16(2)6-8-17)20-9-4-10-22-11-13-23-14-12-22/h5-8H,3-4,9-15H2,1-2H3,(H2,19,20,21). The van der Waals surface area contributed by atoms with Gasteiger partial charge in [-0.2, -0.15) is 0 Å². The van der Waals surface area contributed by atoms with Crippen molar-refractivity contribution in [2.45, 2.75) is 26.8 Å². The SMILES string of the molecule is CCNC(=NCc1ccc(C)cc1)NCCCN1CCOCC1. The molecule has 23 heavy (non-hydrogen) atoms. The lowest BCUT2D eigenvalue weighted by Gasteiger charge is -2.26. The van der Waals surface area contributed by atoms with E-state index in [1.165, 1.54) is 11.1 Å². The fraction of sp³-hybridized carbons (Fsp3) is 0.611. The van der Waals surface area contributed by atoms with Gasteiger partial charge in [0.05, 0.1) is 19.8 Å². The molecule has 1 aliphatic rings. The molecule has 0 spiro atoms. The monoisotopic (exact) mass is 318 g/mol. The van der Waals surface area contributed by atoms with Gasteiger partial charge in [0.2, 0.25) is 0 Å². The van der Waals surface area contributed by atoms with Gasteiger partial charge in [-0.25, -0.2) is 4.99 Å². The maximum absolute atomic E-state index is 5.37. The maximum Gasteiger partial charge on any atom is 0.191 e. The van der Waals surface area contributed by atoms with E-state index in [0.29, 0.717) is 6.54 Å². The summed E-state index contributed by atoms with van der Waals surface area (Å²) in [7, 11) is 0. The number of hydrogen-bond donors (Lipinski definition) is 2. The Bertz CT molecular complexity index is 466. The predicted octanol–water partition coefficient (Wildman–Crippen LogP) is 1.77. The van der Waals surface area contributed by atoms with E-state index in [0.717, 1.165) is 58.3 Å². The second kappa shape index (κ2) is 10.2. The van der Waals surface area contributed by atoms with Gasteiger partial charge in [0, 0.05) is 26.2 Å². The van der Waals surface area contributed by atoms with Crippen LogP contribution >= 0.6 is 0 Å². The first kappa shape index (κ1) is 17.8. The smallest absolute Gasteiger partial charge is 0.191 e. The van der Waals surface area contributed by atoms with Crippen LogP contribution in [0.15, 0.2) is 29.3 Å². The van der Waals surface area contributed by atoms with Crippen LogP contribution in [0.4, 0.5) is 0 Å². The molecule has 0 aliphatic carbocycles. The number of ether oxygens (including phenoxy) is 1. The van der Waals surface area contributed by atoms with Crippen LogP contribution in [0.2, 0.25) is 0 Å². The summed E-state index contributed by atoms with van der Waals surface area (Å²) in [4.78, 5) is 7.12. The molecule has 0 unspecified atom stereocenters. The lowest BCUT2D eigenvalue weighted by atomic mass is 10.1. The van der Waals surface area contributed by atoms with Gasteiger partial charge in [-0.3, -0.25) is 4.90 Å². The van der Waals surface area contributed by atoms with Crippen molar-refractivity contribution in [2.75, 3.05) is 45.9 Å². The number of nitrogens with one attached hydrogen (secondary N) is 2. The number of hydrogen-bond acceptors (Lipinski definition) is 3. The molecular formula is C18H30N4O. The lowest BCUT2D eigenvalue weighted by molar-refractivity contribution is 0.0376. The van der Waals surface area contributed by atoms with Crippen LogP contribution in [-0.4, -0.2) is 56.8 Å². The van der Waals surface area contributed by atoms with E-state index in [4.69, 9.17) is 4.74 Å². The summed E-state index contributed by atoms with van der Waals surface area (Å²) < 4.78 is 5.37. The Balaban J connectivity index is 1.71. The zero-order valence-corrected chi connectivity index (χ0v) is 14.5. The van der Waals surface area contributed by atoms with Crippen molar-refractivity contribution in [3.63, 3.8) is 0 Å². The highest BCUT2D eigenvalue weighted by molar-refractivity contribution is 5.79. The molecule has 2 N–H and O–H groups in total. The maximum atomic E-state index is 5.37. The van der Waals surface area contributed by atoms with Crippen LogP contribution in [0.3, 0.4) is 0 Å². The van der Waals surface area contributed by atoms with Gasteiger partial charge < -0.3 is 15.4 Å². The highest BCUT2D eigenvalue weighted by atomic mass is 16.5. The van der Waals surface area contributed by atoms with Crippen LogP contribution in [0.25, 0.3) is 0 Å². The van der Waals surface area contributed by atoms with Crippen LogP contribution in [0, 0.1) is 6.92 Å². The van der Waals surface area contributed by atoms with Crippen molar-refractivity contribution < 1.29 is 4.74 Å². The molecule has 1 aliphatic heterocycles. The topological polar surface area (TPSA) is 48.9 Å². The van der Waals surface area contributed by atoms with E-state index in [2.05, 4.69) is 58.6 Å². The summed E-state index contributed by atoms with van der Waals surface area (Å²) in [6, 6.07) is 8.54. The molecule has 0 saturated carbocycles. The third-order valence-electron chi connectivity index (χ3n) is 3.93. The van der Waals surface area contributed by atoms with Gasteiger partial charge >= 0.3 is 0 Å². The Kier molecular flexibility index (Phi) is 7.90. The van der Waals surface area contributed by atoms with Gasteiger partial charge in [-0.15, -0.1) is 0 Å². The molecule has 0 radical (unpaired) electrons. The van der Waals surface area contributed by atoms with E-state index < -0.39 is 0 Å². The molecule has 1 fully saturated rings. The molecule has 0 aromatic heterocycles. The Labute approximate surface area is 140 Å². The van der Waals surface area contributed by atoms with Crippen molar-refractivity contribution in [1.82, 2.24) is 15.5 Å². The first-order chi connectivity index (χ1) is 11.3. The number of guanidine groups is 1. The van der Waals surface area contributed by atoms with E-state index >= 15 is 0 Å². The minimum atomic E-state index is 0.707. The molecule has 1 aromatic carbocycles. The first-order valence-electron chi connectivity index (χ1n) is 8.66. The molecule has 2 rings (SSSR count). The zero-order chi connectivity index (χ0) is 16.3. The van der Waals surface area contributed by atoms with Gasteiger partial charge in [0.15, 0.2) is 5.96 Å². The fourth-order valence-corrected chi connectivity index (χ4v) is 2.54. The number of rotatable bonds is 7. The van der Waals surface area contributed by atoms with E-state index in [1.54, 1.807) is 0 Å². The Morgan fingerprint density at radius 1 is 1.17 bits per heavy atom. The Morgan fingerprint density at radius 3 is 2.61 bits per heavy atom. The van der Waals surface area contributed by atoms with E-state index in [1.807, 2.05) is 0 Å². The van der Waals surface area contributed by atoms with Crippen molar-refractivity contribution in [3.8, 4) is 0 Å². The highest BCUT2D eigenvalue weighted by Crippen LogP contribution is 2.04. The molecule has 0 atom stereocenters. The molecule has 0 bridgehead atoms. The second-order valence-corrected chi connectivity index (χ2v) is 5.92. The number of nitrogens with zero attached hydrogens (tertiary/aromatic N) is 2. The predicted molar refractivity (Wildman–Crippen MR) is 95.9 cm³/mol. The minimum Gasteiger partial charge on any atom is -0.379 e. The summed E-state index contributed by atoms with van der Waals surface area (Å²) in [5.41, 5.74) is 2.52. The molecule has 1 aromatic rings. The van der Waals surface area contributed by atoms with E-state index in [-0.39, 0.29) is 0 Å². The summed E-state index contributed by atoms with van der Waals surface area (Å²) in [5.74, 6) is 0.898. The third kappa shape index (κ3) is 7.01. The van der Waals surface area contributed by atoms with Gasteiger partial charge in [-0.1, -0.05) is 29.8 Å². The summed E-state index contributed by atoms with van der Waals surface area (Å²) in [5, 5.41) is 6.73. The summed E-state index contributed by atoms with van der Waals surface area (Å²) >= 11 is 0. The highest BCUT2D eigenvalue weighted by Gasteiger charge is 2.09. The Hall–Kier alpha value is -1.59. The molecule has 1 saturated heterocycles. The van der Waals surface area contributed by atoms with Crippen molar-refractivity contribution in [3.05, 3.63) is 35.4 Å². The summed E-state index contributed by atoms with van der Waals surface area (Å²) in [6.45, 7) is 11.7. The van der Waals surface area contributed by atoms with Crippen LogP contribution in [-0.2, 0) is 11.3 Å². The number of morpholine rings is 1. The average Bonchev–Trinajstić information content (AvgIpc) is 2.59. The number of aryl methyl sites for hydroxylation is 1. The molecule has 0 amide bonds. The number of aliphatic imine (C=N–C) groups is 1. The molecular weight excluding hydrogens is 288 g/mol. The fourth-order valence-electron chi connectivity index (χ4n) is 2.54. The quantitative estimate of drug-likeness (QED) is 0.457. The molecule has 1 heterocycles. The Morgan fingerprint density at radius 2 is 1.91 bits per heavy atom. The van der Waals surface area contributed by atoms with Crippen molar-refractivity contribution >= 4 is 5.96 Å². The van der Waals surface area contributed by atoms with E-state index in [9.17, 15) is 0 Å². The normalized spacial score (nSPS) is 16.3. The van der Waals surface area contributed by atoms with Crippen LogP contribution in [0.1, 0.15) is 24.5 Å². The molecule has 5 nitrogen and oxygen atoms in total. The first-order valence-corrected chi connectivity index (χ1v) is 8.66. The molecule has 128 valence electrons. The minimum absolute atomic E-state index is 0.707. The van der Waals surface area contributed by atoms with Crippen molar-refractivity contribution in [1.29, 1.82) is 0 Å². The zero-order valence-electron chi connectivity index (χ0n) is 14.5. The second-order valence-electron chi connectivity index (χ2n) is 5.92. The average molecular weight is 318 g/mol. The summed E-state index contributed by atoms with van der Waals surface area (Å²) in [6.07, 6.45) is 1.12. The van der Waals surface area contributed by atoms with Crippen LogP contribution < -0.4 is 10.6 Å². The van der Waals surface area contributed by atoms with Gasteiger partial charge in [0.25, 0.3) is 0 Å². The van der Waals surface area contributed by atoms with Gasteiger partial charge in [0.1, 0.15) is 0 Å². The van der Waals surface area contributed by atoms with Gasteiger partial charge in [-0.05, 0) is 32.4 Å². The lowest BCUT2D eigenvalue weighted by Crippen LogP contribution is -2.40.